The fraction of sp³-hybridized carbons (Fsp3) is 0.600. The van der Waals surface area contributed by atoms with Crippen molar-refractivity contribution in [2.75, 3.05) is 0 Å². The number of furan rings is 1. The third-order valence-corrected chi connectivity index (χ3v) is 3.68. The van der Waals surface area contributed by atoms with Gasteiger partial charge in [-0.25, -0.2) is 0 Å². The van der Waals surface area contributed by atoms with E-state index in [0.29, 0.717) is 10.2 Å². The first-order chi connectivity index (χ1) is 5.71. The molecule has 0 bridgehead atoms. The van der Waals surface area contributed by atoms with Crippen LogP contribution in [0.25, 0.3) is 0 Å². The highest BCUT2D eigenvalue weighted by Gasteiger charge is 2.35. The Hall–Kier alpha value is -0.240. The third-order valence-electron chi connectivity index (χ3n) is 2.90. The summed E-state index contributed by atoms with van der Waals surface area (Å²) in [6.45, 7) is 2.32. The molecule has 1 aromatic heterocycles. The standard InChI is InChI=1S/C10H13BrO/c1-10(4-2-9(11)6-10)8-3-5-12-7-8/h3,5,7,9H,2,4,6H2,1H3. The van der Waals surface area contributed by atoms with E-state index in [-0.39, 0.29) is 0 Å². The van der Waals surface area contributed by atoms with Crippen LogP contribution >= 0.6 is 15.9 Å². The summed E-state index contributed by atoms with van der Waals surface area (Å²) in [7, 11) is 0. The molecule has 0 amide bonds. The maximum Gasteiger partial charge on any atom is 0.0940 e. The first-order valence-corrected chi connectivity index (χ1v) is 5.29. The molecule has 1 nitrogen and oxygen atoms in total. The van der Waals surface area contributed by atoms with Crippen molar-refractivity contribution in [3.05, 3.63) is 24.2 Å². The molecule has 0 radical (unpaired) electrons. The number of rotatable bonds is 1. The fourth-order valence-electron chi connectivity index (χ4n) is 2.04. The molecule has 0 aliphatic heterocycles. The fourth-order valence-corrected chi connectivity index (χ4v) is 2.98. The molecule has 2 rings (SSSR count). The number of alkyl halides is 1. The number of hydrogen-bond donors (Lipinski definition) is 0. The van der Waals surface area contributed by atoms with E-state index in [1.54, 1.807) is 6.26 Å². The van der Waals surface area contributed by atoms with Gasteiger partial charge in [0, 0.05) is 4.83 Å². The lowest BCUT2D eigenvalue weighted by molar-refractivity contribution is 0.478. The summed E-state index contributed by atoms with van der Waals surface area (Å²) in [6, 6.07) is 2.09. The third kappa shape index (κ3) is 1.33. The predicted octanol–water partition coefficient (Wildman–Crippen LogP) is 3.48. The van der Waals surface area contributed by atoms with E-state index in [4.69, 9.17) is 4.42 Å². The summed E-state index contributed by atoms with van der Waals surface area (Å²) in [5.74, 6) is 0. The van der Waals surface area contributed by atoms with Gasteiger partial charge in [0.2, 0.25) is 0 Å². The smallest absolute Gasteiger partial charge is 0.0940 e. The van der Waals surface area contributed by atoms with Crippen molar-refractivity contribution >= 4 is 15.9 Å². The van der Waals surface area contributed by atoms with Crippen molar-refractivity contribution < 1.29 is 4.42 Å². The van der Waals surface area contributed by atoms with Crippen LogP contribution in [0.1, 0.15) is 31.7 Å². The Balaban J connectivity index is 2.23. The molecule has 1 heterocycles. The van der Waals surface area contributed by atoms with E-state index in [0.717, 1.165) is 0 Å². The lowest BCUT2D eigenvalue weighted by Gasteiger charge is -2.21. The molecule has 2 unspecified atom stereocenters. The van der Waals surface area contributed by atoms with Crippen LogP contribution in [-0.4, -0.2) is 4.83 Å². The van der Waals surface area contributed by atoms with Crippen molar-refractivity contribution in [2.24, 2.45) is 0 Å². The first kappa shape index (κ1) is 8.36. The topological polar surface area (TPSA) is 13.1 Å². The van der Waals surface area contributed by atoms with E-state index in [9.17, 15) is 0 Å². The normalized spacial score (nSPS) is 35.7. The second-order valence-corrected chi connectivity index (χ2v) is 5.21. The van der Waals surface area contributed by atoms with Crippen LogP contribution in [-0.2, 0) is 5.41 Å². The zero-order chi connectivity index (χ0) is 8.60. The van der Waals surface area contributed by atoms with Crippen LogP contribution in [0.2, 0.25) is 0 Å². The first-order valence-electron chi connectivity index (χ1n) is 4.37. The molecule has 1 aliphatic rings. The zero-order valence-electron chi connectivity index (χ0n) is 7.22. The molecule has 66 valence electrons. The number of hydrogen-bond acceptors (Lipinski definition) is 1. The Morgan fingerprint density at radius 3 is 3.00 bits per heavy atom. The molecule has 0 N–H and O–H groups in total. The van der Waals surface area contributed by atoms with Crippen LogP contribution in [0.3, 0.4) is 0 Å². The second-order valence-electron chi connectivity index (χ2n) is 3.91. The molecule has 1 aromatic rings. The number of halogens is 1. The molecular formula is C10H13BrO. The molecule has 0 spiro atoms. The minimum atomic E-state index is 0.348. The summed E-state index contributed by atoms with van der Waals surface area (Å²) < 4.78 is 5.11. The van der Waals surface area contributed by atoms with E-state index in [2.05, 4.69) is 28.9 Å². The highest BCUT2D eigenvalue weighted by atomic mass is 79.9. The lowest BCUT2D eigenvalue weighted by Crippen LogP contribution is -2.16. The molecule has 1 saturated carbocycles. The van der Waals surface area contributed by atoms with Gasteiger partial charge in [0.05, 0.1) is 12.5 Å². The molecule has 1 fully saturated rings. The van der Waals surface area contributed by atoms with E-state index < -0.39 is 0 Å². The Labute approximate surface area is 81.3 Å². The van der Waals surface area contributed by atoms with Gasteiger partial charge in [0.1, 0.15) is 0 Å². The molecule has 0 aromatic carbocycles. The summed E-state index contributed by atoms with van der Waals surface area (Å²) in [4.78, 5) is 0.692. The van der Waals surface area contributed by atoms with Gasteiger partial charge in [0.15, 0.2) is 0 Å². The predicted molar refractivity (Wildman–Crippen MR) is 52.6 cm³/mol. The molecule has 12 heavy (non-hydrogen) atoms. The average molecular weight is 229 g/mol. The molecule has 1 aliphatic carbocycles. The summed E-state index contributed by atoms with van der Waals surface area (Å²) >= 11 is 3.67. The SMILES string of the molecule is CC1(c2ccoc2)CCC(Br)C1. The zero-order valence-corrected chi connectivity index (χ0v) is 8.80. The molecule has 2 atom stereocenters. The van der Waals surface area contributed by atoms with Crippen molar-refractivity contribution in [1.82, 2.24) is 0 Å². The van der Waals surface area contributed by atoms with Crippen LogP contribution in [0.4, 0.5) is 0 Å². The quantitative estimate of drug-likeness (QED) is 0.672. The summed E-state index contributed by atoms with van der Waals surface area (Å²) in [5, 5.41) is 0. The second kappa shape index (κ2) is 2.91. The minimum Gasteiger partial charge on any atom is -0.472 e. The van der Waals surface area contributed by atoms with Crippen LogP contribution in [0.5, 0.6) is 0 Å². The van der Waals surface area contributed by atoms with E-state index >= 15 is 0 Å². The van der Waals surface area contributed by atoms with E-state index in [1.807, 2.05) is 6.26 Å². The average Bonchev–Trinajstić information content (AvgIpc) is 2.59. The minimum absolute atomic E-state index is 0.348. The maximum atomic E-state index is 5.11. The van der Waals surface area contributed by atoms with Gasteiger partial charge in [-0.3, -0.25) is 0 Å². The van der Waals surface area contributed by atoms with Gasteiger partial charge < -0.3 is 4.42 Å². The molecule has 0 saturated heterocycles. The van der Waals surface area contributed by atoms with Gasteiger partial charge in [-0.1, -0.05) is 22.9 Å². The molecular weight excluding hydrogens is 216 g/mol. The Kier molecular flexibility index (Phi) is 2.03. The van der Waals surface area contributed by atoms with Gasteiger partial charge in [-0.05, 0) is 36.3 Å². The van der Waals surface area contributed by atoms with Crippen LogP contribution in [0, 0.1) is 0 Å². The maximum absolute atomic E-state index is 5.11. The van der Waals surface area contributed by atoms with Crippen LogP contribution < -0.4 is 0 Å². The van der Waals surface area contributed by atoms with Crippen molar-refractivity contribution in [1.29, 1.82) is 0 Å². The van der Waals surface area contributed by atoms with Gasteiger partial charge in [-0.2, -0.15) is 0 Å². The highest BCUT2D eigenvalue weighted by Crippen LogP contribution is 2.43. The molecule has 2 heteroatoms. The Morgan fingerprint density at radius 2 is 2.50 bits per heavy atom. The van der Waals surface area contributed by atoms with Gasteiger partial charge >= 0.3 is 0 Å². The van der Waals surface area contributed by atoms with Gasteiger partial charge in [0.25, 0.3) is 0 Å². The summed E-state index contributed by atoms with van der Waals surface area (Å²) in [5.41, 5.74) is 1.70. The highest BCUT2D eigenvalue weighted by molar-refractivity contribution is 9.09. The lowest BCUT2D eigenvalue weighted by atomic mass is 9.83. The largest absolute Gasteiger partial charge is 0.472 e. The van der Waals surface area contributed by atoms with Crippen molar-refractivity contribution in [3.63, 3.8) is 0 Å². The Morgan fingerprint density at radius 1 is 1.67 bits per heavy atom. The van der Waals surface area contributed by atoms with Crippen LogP contribution in [0.15, 0.2) is 23.0 Å². The van der Waals surface area contributed by atoms with Crippen molar-refractivity contribution in [3.8, 4) is 0 Å². The monoisotopic (exact) mass is 228 g/mol. The van der Waals surface area contributed by atoms with Crippen molar-refractivity contribution in [2.45, 2.75) is 36.4 Å². The van der Waals surface area contributed by atoms with E-state index in [1.165, 1.54) is 24.8 Å². The Bertz CT molecular complexity index is 255. The summed E-state index contributed by atoms with van der Waals surface area (Å²) in [6.07, 6.45) is 7.42. The van der Waals surface area contributed by atoms with Gasteiger partial charge in [-0.15, -0.1) is 0 Å².